The van der Waals surface area contributed by atoms with Crippen molar-refractivity contribution in [2.75, 3.05) is 13.1 Å². The number of nitrogens with one attached hydrogen (secondary N) is 1. The molecule has 1 rings (SSSR count). The highest BCUT2D eigenvalue weighted by Crippen LogP contribution is 2.16. The standard InChI is InChI=1S/C16H33N3O/c1-7-8-9-15-16(20)19(14(6)17-15)11-10-18(12(2)3)13(4)5/h12-15,17H,7-11H2,1-6H3. The quantitative estimate of drug-likeness (QED) is 0.743. The zero-order valence-corrected chi connectivity index (χ0v) is 14.1. The van der Waals surface area contributed by atoms with Gasteiger partial charge in [-0.1, -0.05) is 19.8 Å². The molecule has 1 N–H and O–H groups in total. The molecule has 0 aromatic heterocycles. The minimum atomic E-state index is 0.0384. The van der Waals surface area contributed by atoms with Gasteiger partial charge < -0.3 is 4.90 Å². The Morgan fingerprint density at radius 2 is 1.85 bits per heavy atom. The number of nitrogens with zero attached hydrogens (tertiary/aromatic N) is 2. The lowest BCUT2D eigenvalue weighted by molar-refractivity contribution is -0.130. The summed E-state index contributed by atoms with van der Waals surface area (Å²) in [4.78, 5) is 16.9. The summed E-state index contributed by atoms with van der Waals surface area (Å²) in [6.45, 7) is 14.9. The zero-order valence-electron chi connectivity index (χ0n) is 14.1. The number of rotatable bonds is 8. The first-order chi connectivity index (χ1) is 9.38. The van der Waals surface area contributed by atoms with Crippen molar-refractivity contribution in [3.8, 4) is 0 Å². The van der Waals surface area contributed by atoms with E-state index in [4.69, 9.17) is 0 Å². The molecule has 1 amide bonds. The van der Waals surface area contributed by atoms with Crippen molar-refractivity contribution in [2.45, 2.75) is 85.1 Å². The van der Waals surface area contributed by atoms with Crippen LogP contribution >= 0.6 is 0 Å². The molecule has 1 fully saturated rings. The molecule has 1 heterocycles. The van der Waals surface area contributed by atoms with E-state index in [1.165, 1.54) is 0 Å². The third kappa shape index (κ3) is 4.45. The summed E-state index contributed by atoms with van der Waals surface area (Å²) in [6.07, 6.45) is 3.40. The maximum absolute atomic E-state index is 12.4. The van der Waals surface area contributed by atoms with Gasteiger partial charge in [-0.2, -0.15) is 0 Å². The van der Waals surface area contributed by atoms with Gasteiger partial charge in [0, 0.05) is 25.2 Å². The Bertz CT molecular complexity index is 296. The molecule has 0 saturated carbocycles. The first-order valence-electron chi connectivity index (χ1n) is 8.20. The van der Waals surface area contributed by atoms with Crippen molar-refractivity contribution >= 4 is 5.91 Å². The number of amides is 1. The highest BCUT2D eigenvalue weighted by Gasteiger charge is 2.35. The van der Waals surface area contributed by atoms with E-state index >= 15 is 0 Å². The van der Waals surface area contributed by atoms with Crippen molar-refractivity contribution in [3.05, 3.63) is 0 Å². The van der Waals surface area contributed by atoms with Gasteiger partial charge in [0.05, 0.1) is 12.2 Å². The van der Waals surface area contributed by atoms with Gasteiger partial charge in [0.1, 0.15) is 0 Å². The van der Waals surface area contributed by atoms with Crippen LogP contribution in [0.3, 0.4) is 0 Å². The fourth-order valence-electron chi connectivity index (χ4n) is 3.10. The van der Waals surface area contributed by atoms with Crippen LogP contribution in [0.1, 0.15) is 60.8 Å². The van der Waals surface area contributed by atoms with Gasteiger partial charge in [-0.3, -0.25) is 15.0 Å². The first-order valence-corrected chi connectivity index (χ1v) is 8.20. The number of hydrogen-bond acceptors (Lipinski definition) is 3. The van der Waals surface area contributed by atoms with E-state index in [1.54, 1.807) is 0 Å². The molecule has 2 atom stereocenters. The van der Waals surface area contributed by atoms with Gasteiger partial charge in [-0.15, -0.1) is 0 Å². The predicted octanol–water partition coefficient (Wildman–Crippen LogP) is 2.44. The van der Waals surface area contributed by atoms with Gasteiger partial charge in [0.25, 0.3) is 0 Å². The second-order valence-electron chi connectivity index (χ2n) is 6.49. The molecule has 0 aromatic rings. The van der Waals surface area contributed by atoms with E-state index in [2.05, 4.69) is 51.8 Å². The molecule has 1 aliphatic rings. The summed E-state index contributed by atoms with van der Waals surface area (Å²) in [7, 11) is 0. The van der Waals surface area contributed by atoms with E-state index in [9.17, 15) is 4.79 Å². The normalized spacial score (nSPS) is 23.6. The average molecular weight is 283 g/mol. The van der Waals surface area contributed by atoms with Gasteiger partial charge in [-0.25, -0.2) is 0 Å². The molecule has 0 radical (unpaired) electrons. The zero-order chi connectivity index (χ0) is 15.3. The maximum Gasteiger partial charge on any atom is 0.241 e. The Balaban J connectivity index is 2.52. The van der Waals surface area contributed by atoms with Gasteiger partial charge in [0.2, 0.25) is 5.91 Å². The lowest BCUT2D eigenvalue weighted by Gasteiger charge is -2.33. The van der Waals surface area contributed by atoms with Crippen molar-refractivity contribution in [3.63, 3.8) is 0 Å². The maximum atomic E-state index is 12.4. The van der Waals surface area contributed by atoms with Crippen LogP contribution in [-0.2, 0) is 4.79 Å². The molecule has 1 aliphatic heterocycles. The molecule has 1 saturated heterocycles. The second kappa shape index (κ2) is 7.99. The number of carbonyl (C=O) groups is 1. The van der Waals surface area contributed by atoms with Crippen molar-refractivity contribution < 1.29 is 4.79 Å². The van der Waals surface area contributed by atoms with E-state index in [-0.39, 0.29) is 12.2 Å². The van der Waals surface area contributed by atoms with Crippen molar-refractivity contribution in [1.29, 1.82) is 0 Å². The minimum Gasteiger partial charge on any atom is -0.325 e. The Morgan fingerprint density at radius 3 is 2.35 bits per heavy atom. The van der Waals surface area contributed by atoms with Crippen LogP contribution in [0.4, 0.5) is 0 Å². The molecule has 118 valence electrons. The van der Waals surface area contributed by atoms with Crippen molar-refractivity contribution in [2.24, 2.45) is 0 Å². The molecule has 0 aliphatic carbocycles. The number of hydrogen-bond donors (Lipinski definition) is 1. The molecular weight excluding hydrogens is 250 g/mol. The molecule has 4 heteroatoms. The number of carbonyl (C=O) groups excluding carboxylic acids is 1. The molecule has 0 bridgehead atoms. The van der Waals surface area contributed by atoms with Crippen LogP contribution in [0.25, 0.3) is 0 Å². The monoisotopic (exact) mass is 283 g/mol. The predicted molar refractivity (Wildman–Crippen MR) is 84.6 cm³/mol. The summed E-state index contributed by atoms with van der Waals surface area (Å²) >= 11 is 0. The van der Waals surface area contributed by atoms with Gasteiger partial charge in [0.15, 0.2) is 0 Å². The topological polar surface area (TPSA) is 35.6 Å². The highest BCUT2D eigenvalue weighted by atomic mass is 16.2. The average Bonchev–Trinajstić information content (AvgIpc) is 2.62. The Labute approximate surface area is 124 Å². The van der Waals surface area contributed by atoms with Crippen LogP contribution in [-0.4, -0.2) is 53.1 Å². The lowest BCUT2D eigenvalue weighted by Crippen LogP contribution is -2.45. The fourth-order valence-corrected chi connectivity index (χ4v) is 3.10. The fraction of sp³-hybridized carbons (Fsp3) is 0.938. The minimum absolute atomic E-state index is 0.0384. The first kappa shape index (κ1) is 17.4. The Morgan fingerprint density at radius 1 is 1.25 bits per heavy atom. The summed E-state index contributed by atoms with van der Waals surface area (Å²) in [5.74, 6) is 0.290. The second-order valence-corrected chi connectivity index (χ2v) is 6.49. The highest BCUT2D eigenvalue weighted by molar-refractivity contribution is 5.84. The summed E-state index contributed by atoms with van der Waals surface area (Å²) < 4.78 is 0. The molecule has 0 spiro atoms. The van der Waals surface area contributed by atoms with E-state index in [0.29, 0.717) is 18.0 Å². The smallest absolute Gasteiger partial charge is 0.241 e. The van der Waals surface area contributed by atoms with Crippen LogP contribution in [0.2, 0.25) is 0 Å². The number of unbranched alkanes of at least 4 members (excludes halogenated alkanes) is 1. The van der Waals surface area contributed by atoms with E-state index in [0.717, 1.165) is 32.4 Å². The molecule has 2 unspecified atom stereocenters. The molecule has 0 aromatic carbocycles. The third-order valence-electron chi connectivity index (χ3n) is 4.26. The van der Waals surface area contributed by atoms with Gasteiger partial charge in [-0.05, 0) is 41.0 Å². The van der Waals surface area contributed by atoms with Crippen LogP contribution in [0, 0.1) is 0 Å². The Hall–Kier alpha value is -0.610. The SMILES string of the molecule is CCCCC1NC(C)N(CCN(C(C)C)C(C)C)C1=O. The third-order valence-corrected chi connectivity index (χ3v) is 4.26. The van der Waals surface area contributed by atoms with E-state index in [1.807, 2.05) is 4.90 Å². The molecule has 20 heavy (non-hydrogen) atoms. The van der Waals surface area contributed by atoms with Crippen LogP contribution in [0.15, 0.2) is 0 Å². The Kier molecular flexibility index (Phi) is 6.96. The van der Waals surface area contributed by atoms with Crippen molar-refractivity contribution in [1.82, 2.24) is 15.1 Å². The summed E-state index contributed by atoms with van der Waals surface area (Å²) in [5.41, 5.74) is 0. The largest absolute Gasteiger partial charge is 0.325 e. The van der Waals surface area contributed by atoms with E-state index < -0.39 is 0 Å². The lowest BCUT2D eigenvalue weighted by atomic mass is 10.1. The molecule has 4 nitrogen and oxygen atoms in total. The molecular formula is C16H33N3O. The van der Waals surface area contributed by atoms with Crippen LogP contribution in [0.5, 0.6) is 0 Å². The summed E-state index contributed by atoms with van der Waals surface area (Å²) in [5, 5.41) is 3.43. The summed E-state index contributed by atoms with van der Waals surface area (Å²) in [6, 6.07) is 1.08. The van der Waals surface area contributed by atoms with Crippen LogP contribution < -0.4 is 5.32 Å². The van der Waals surface area contributed by atoms with Gasteiger partial charge >= 0.3 is 0 Å².